The summed E-state index contributed by atoms with van der Waals surface area (Å²) in [6.45, 7) is 0.563. The lowest BCUT2D eigenvalue weighted by molar-refractivity contribution is -0.110. The number of oxazole rings is 1. The van der Waals surface area contributed by atoms with Gasteiger partial charge in [0.25, 0.3) is 5.91 Å². The second-order valence-electron chi connectivity index (χ2n) is 9.51. The molecule has 2 aromatic carbocycles. The molecule has 1 aromatic heterocycles. The van der Waals surface area contributed by atoms with Crippen molar-refractivity contribution in [1.29, 1.82) is 0 Å². The molecule has 1 N–H and O–H groups in total. The third kappa shape index (κ3) is 3.18. The van der Waals surface area contributed by atoms with Crippen molar-refractivity contribution in [3.8, 4) is 0 Å². The minimum Gasteiger partial charge on any atom is -0.440 e. The molecule has 2 heterocycles. The topological polar surface area (TPSA) is 66.6 Å². The molecule has 3 fully saturated rings. The molecule has 6 rings (SSSR count). The standard InChI is InChI=1S/C26H28N2O3/c29-25(18-12-13-21-23(16-18)31-24(27-21)17-10-11-17)28-15-14-26(30,19-6-2-1-3-7-19)20-8-4-5-9-22(20)28/h1-3,6-7,12-13,16-17,20,22,30H,4-5,8-11,14-15H2/t20-,22+,26+/m0/s1. The van der Waals surface area contributed by atoms with E-state index in [2.05, 4.69) is 4.98 Å². The molecule has 5 heteroatoms. The minimum absolute atomic E-state index is 0.0401. The number of likely N-dealkylation sites (tertiary alicyclic amines) is 1. The van der Waals surface area contributed by atoms with Crippen LogP contribution in [-0.4, -0.2) is 33.5 Å². The summed E-state index contributed by atoms with van der Waals surface area (Å²) < 4.78 is 5.95. The number of carbonyl (C=O) groups excluding carboxylic acids is 1. The number of nitrogens with zero attached hydrogens (tertiary/aromatic N) is 2. The first-order valence-electron chi connectivity index (χ1n) is 11.6. The van der Waals surface area contributed by atoms with E-state index in [1.54, 1.807) is 0 Å². The molecule has 3 atom stereocenters. The summed E-state index contributed by atoms with van der Waals surface area (Å²) in [5.41, 5.74) is 2.30. The summed E-state index contributed by atoms with van der Waals surface area (Å²) in [6.07, 6.45) is 6.95. The summed E-state index contributed by atoms with van der Waals surface area (Å²) >= 11 is 0. The van der Waals surface area contributed by atoms with E-state index in [-0.39, 0.29) is 17.9 Å². The van der Waals surface area contributed by atoms with Crippen molar-refractivity contribution < 1.29 is 14.3 Å². The summed E-state index contributed by atoms with van der Waals surface area (Å²) in [5, 5.41) is 11.7. The van der Waals surface area contributed by atoms with Crippen molar-refractivity contribution >= 4 is 17.0 Å². The van der Waals surface area contributed by atoms with Crippen LogP contribution in [0.4, 0.5) is 0 Å². The van der Waals surface area contributed by atoms with E-state index < -0.39 is 5.60 Å². The van der Waals surface area contributed by atoms with Crippen LogP contribution < -0.4 is 0 Å². The van der Waals surface area contributed by atoms with Crippen LogP contribution in [0, 0.1) is 5.92 Å². The van der Waals surface area contributed by atoms with Gasteiger partial charge in [-0.2, -0.15) is 0 Å². The van der Waals surface area contributed by atoms with Crippen molar-refractivity contribution in [3.63, 3.8) is 0 Å². The Bertz CT molecular complexity index is 1120. The van der Waals surface area contributed by atoms with Crippen molar-refractivity contribution in [2.45, 2.75) is 62.5 Å². The van der Waals surface area contributed by atoms with Gasteiger partial charge in [0, 0.05) is 30.0 Å². The molecule has 0 bridgehead atoms. The molecular formula is C26H28N2O3. The van der Waals surface area contributed by atoms with E-state index in [9.17, 15) is 9.90 Å². The smallest absolute Gasteiger partial charge is 0.254 e. The van der Waals surface area contributed by atoms with E-state index in [1.807, 2.05) is 53.4 Å². The SMILES string of the molecule is O=C(c1ccc2nc(C3CC3)oc2c1)N1CC[C@@](O)(c2ccccc2)[C@H]2CCCC[C@H]21. The quantitative estimate of drug-likeness (QED) is 0.653. The Balaban J connectivity index is 1.31. The molecule has 31 heavy (non-hydrogen) atoms. The number of fused-ring (bicyclic) bond motifs is 2. The van der Waals surface area contributed by atoms with Crippen LogP contribution in [0.1, 0.15) is 72.7 Å². The lowest BCUT2D eigenvalue weighted by atomic mass is 9.66. The maximum atomic E-state index is 13.6. The summed E-state index contributed by atoms with van der Waals surface area (Å²) in [4.78, 5) is 20.2. The van der Waals surface area contributed by atoms with Gasteiger partial charge in [0.2, 0.25) is 0 Å². The van der Waals surface area contributed by atoms with Crippen LogP contribution in [0.2, 0.25) is 0 Å². The molecule has 0 unspecified atom stereocenters. The molecule has 3 aromatic rings. The van der Waals surface area contributed by atoms with Gasteiger partial charge in [-0.05, 0) is 55.9 Å². The summed E-state index contributed by atoms with van der Waals surface area (Å²) in [6, 6.07) is 15.7. The largest absolute Gasteiger partial charge is 0.440 e. The van der Waals surface area contributed by atoms with Gasteiger partial charge in [-0.1, -0.05) is 43.2 Å². The Kier molecular flexibility index (Phi) is 4.42. The fraction of sp³-hybridized carbons (Fsp3) is 0.462. The van der Waals surface area contributed by atoms with Gasteiger partial charge in [0.15, 0.2) is 11.5 Å². The minimum atomic E-state index is -0.864. The average Bonchev–Trinajstić information content (AvgIpc) is 3.58. The van der Waals surface area contributed by atoms with Crippen LogP contribution >= 0.6 is 0 Å². The number of piperidine rings is 1. The normalized spacial score (nSPS) is 28.5. The van der Waals surface area contributed by atoms with E-state index in [1.165, 1.54) is 0 Å². The molecule has 1 aliphatic heterocycles. The predicted octanol–water partition coefficient (Wildman–Crippen LogP) is 5.00. The van der Waals surface area contributed by atoms with Crippen molar-refractivity contribution in [2.75, 3.05) is 6.54 Å². The zero-order valence-corrected chi connectivity index (χ0v) is 17.7. The van der Waals surface area contributed by atoms with Crippen LogP contribution in [0.25, 0.3) is 11.1 Å². The number of hydrogen-bond acceptors (Lipinski definition) is 4. The van der Waals surface area contributed by atoms with E-state index in [0.29, 0.717) is 30.0 Å². The molecular weight excluding hydrogens is 388 g/mol. The third-order valence-corrected chi connectivity index (χ3v) is 7.59. The van der Waals surface area contributed by atoms with Crippen LogP contribution in [0.3, 0.4) is 0 Å². The van der Waals surface area contributed by atoms with Gasteiger partial charge in [0.05, 0.1) is 5.60 Å². The van der Waals surface area contributed by atoms with E-state index >= 15 is 0 Å². The highest BCUT2D eigenvalue weighted by atomic mass is 16.3. The second-order valence-corrected chi connectivity index (χ2v) is 9.51. The molecule has 1 saturated heterocycles. The second kappa shape index (κ2) is 7.20. The monoisotopic (exact) mass is 416 g/mol. The van der Waals surface area contributed by atoms with E-state index in [4.69, 9.17) is 4.42 Å². The van der Waals surface area contributed by atoms with Crippen molar-refractivity contribution in [1.82, 2.24) is 9.88 Å². The molecule has 0 radical (unpaired) electrons. The van der Waals surface area contributed by atoms with Gasteiger partial charge in [-0.15, -0.1) is 0 Å². The highest BCUT2D eigenvalue weighted by Gasteiger charge is 2.50. The fourth-order valence-electron chi connectivity index (χ4n) is 5.77. The van der Waals surface area contributed by atoms with Crippen LogP contribution in [-0.2, 0) is 5.60 Å². The first-order chi connectivity index (χ1) is 15.1. The fourth-order valence-corrected chi connectivity index (χ4v) is 5.77. The Labute approximate surface area is 182 Å². The van der Waals surface area contributed by atoms with Crippen LogP contribution in [0.5, 0.6) is 0 Å². The number of rotatable bonds is 3. The Morgan fingerprint density at radius 1 is 1.06 bits per heavy atom. The predicted molar refractivity (Wildman–Crippen MR) is 118 cm³/mol. The summed E-state index contributed by atoms with van der Waals surface area (Å²) in [5.74, 6) is 1.36. The van der Waals surface area contributed by atoms with Gasteiger partial charge >= 0.3 is 0 Å². The van der Waals surface area contributed by atoms with Gasteiger partial charge in [0.1, 0.15) is 5.52 Å². The number of benzene rings is 2. The number of aliphatic hydroxyl groups is 1. The number of hydrogen-bond donors (Lipinski definition) is 1. The highest BCUT2D eigenvalue weighted by Crippen LogP contribution is 2.47. The zero-order chi connectivity index (χ0) is 21.0. The van der Waals surface area contributed by atoms with E-state index in [0.717, 1.165) is 55.5 Å². The first-order valence-corrected chi connectivity index (χ1v) is 11.6. The summed E-state index contributed by atoms with van der Waals surface area (Å²) in [7, 11) is 0. The molecule has 2 aliphatic carbocycles. The van der Waals surface area contributed by atoms with Gasteiger partial charge < -0.3 is 14.4 Å². The molecule has 160 valence electrons. The molecule has 2 saturated carbocycles. The number of carbonyl (C=O) groups is 1. The molecule has 3 aliphatic rings. The molecule has 0 spiro atoms. The van der Waals surface area contributed by atoms with Gasteiger partial charge in [-0.25, -0.2) is 4.98 Å². The van der Waals surface area contributed by atoms with Crippen molar-refractivity contribution in [3.05, 3.63) is 65.5 Å². The Hall–Kier alpha value is -2.66. The third-order valence-electron chi connectivity index (χ3n) is 7.59. The lowest BCUT2D eigenvalue weighted by Crippen LogP contribution is -2.58. The number of aromatic nitrogens is 1. The Morgan fingerprint density at radius 2 is 1.87 bits per heavy atom. The maximum absolute atomic E-state index is 13.6. The Morgan fingerprint density at radius 3 is 2.68 bits per heavy atom. The first kappa shape index (κ1) is 19.1. The lowest BCUT2D eigenvalue weighted by Gasteiger charge is -2.52. The van der Waals surface area contributed by atoms with Crippen molar-refractivity contribution in [2.24, 2.45) is 5.92 Å². The highest BCUT2D eigenvalue weighted by molar-refractivity contribution is 5.97. The maximum Gasteiger partial charge on any atom is 0.254 e. The van der Waals surface area contributed by atoms with Crippen LogP contribution in [0.15, 0.2) is 52.9 Å². The average molecular weight is 417 g/mol. The van der Waals surface area contributed by atoms with Gasteiger partial charge in [-0.3, -0.25) is 4.79 Å². The molecule has 5 nitrogen and oxygen atoms in total. The zero-order valence-electron chi connectivity index (χ0n) is 17.7. The molecule has 1 amide bonds. The number of amides is 1.